The van der Waals surface area contributed by atoms with Crippen molar-refractivity contribution in [2.45, 2.75) is 46.4 Å². The highest BCUT2D eigenvalue weighted by Crippen LogP contribution is 2.22. The van der Waals surface area contributed by atoms with Gasteiger partial charge in [0.15, 0.2) is 0 Å². The van der Waals surface area contributed by atoms with Gasteiger partial charge in [-0.05, 0) is 17.5 Å². The fourth-order valence-electron chi connectivity index (χ4n) is 1.37. The number of carbonyl (C=O) groups is 1. The first-order valence-corrected chi connectivity index (χ1v) is 8.60. The third-order valence-corrected chi connectivity index (χ3v) is 4.02. The normalized spacial score (nSPS) is 12.8. The molecule has 0 aliphatic carbocycles. The van der Waals surface area contributed by atoms with Crippen molar-refractivity contribution >= 4 is 15.9 Å². The van der Waals surface area contributed by atoms with Crippen LogP contribution in [-0.2, 0) is 14.8 Å². The first-order chi connectivity index (χ1) is 9.81. The lowest BCUT2D eigenvalue weighted by Gasteiger charge is -2.20. The molecule has 0 aliphatic rings. The average molecular weight is 327 g/mol. The summed E-state index contributed by atoms with van der Waals surface area (Å²) in [6.45, 7) is 11.5. The number of sulfonamides is 1. The van der Waals surface area contributed by atoms with Gasteiger partial charge in [-0.25, -0.2) is 13.1 Å². The van der Waals surface area contributed by atoms with E-state index in [9.17, 15) is 13.2 Å². The second kappa shape index (κ2) is 6.28. The lowest BCUT2D eigenvalue weighted by atomic mass is 9.96. The molecular formula is C16H25NO4S. The van der Waals surface area contributed by atoms with Gasteiger partial charge in [0, 0.05) is 11.5 Å². The van der Waals surface area contributed by atoms with E-state index in [4.69, 9.17) is 4.74 Å². The molecule has 0 bridgehead atoms. The molecule has 1 rings (SSSR count). The molecule has 124 valence electrons. The number of hydrogen-bond donors (Lipinski definition) is 1. The van der Waals surface area contributed by atoms with Crippen molar-refractivity contribution in [2.24, 2.45) is 10.8 Å². The van der Waals surface area contributed by atoms with Crippen LogP contribution in [0, 0.1) is 10.8 Å². The lowest BCUT2D eigenvalue weighted by Crippen LogP contribution is -2.38. The molecule has 0 unspecified atom stereocenters. The molecule has 0 fully saturated rings. The maximum absolute atomic E-state index is 12.3. The predicted molar refractivity (Wildman–Crippen MR) is 86.2 cm³/mol. The summed E-state index contributed by atoms with van der Waals surface area (Å²) in [7, 11) is -3.90. The maximum atomic E-state index is 12.3. The molecule has 0 spiro atoms. The molecule has 1 N–H and O–H groups in total. The van der Waals surface area contributed by atoms with E-state index in [-0.39, 0.29) is 10.3 Å². The van der Waals surface area contributed by atoms with Crippen molar-refractivity contribution in [3.8, 4) is 5.75 Å². The summed E-state index contributed by atoms with van der Waals surface area (Å²) < 4.78 is 32.2. The number of nitrogens with one attached hydrogen (secondary N) is 1. The minimum atomic E-state index is -3.90. The fourth-order valence-corrected chi connectivity index (χ4v) is 2.56. The summed E-state index contributed by atoms with van der Waals surface area (Å²) in [6, 6.07) is 6.14. The Morgan fingerprint density at radius 1 is 1.14 bits per heavy atom. The van der Waals surface area contributed by atoms with Gasteiger partial charge in [0.2, 0.25) is 5.91 Å². The fraction of sp³-hybridized carbons (Fsp3) is 0.562. The molecule has 1 aromatic rings. The van der Waals surface area contributed by atoms with Gasteiger partial charge in [0.05, 0.1) is 11.5 Å². The van der Waals surface area contributed by atoms with Crippen molar-refractivity contribution in [3.05, 3.63) is 24.3 Å². The van der Waals surface area contributed by atoms with Crippen LogP contribution in [0.15, 0.2) is 29.2 Å². The van der Waals surface area contributed by atoms with Crippen LogP contribution in [0.2, 0.25) is 0 Å². The highest BCUT2D eigenvalue weighted by atomic mass is 32.2. The van der Waals surface area contributed by atoms with E-state index in [2.05, 4.69) is 4.72 Å². The van der Waals surface area contributed by atoms with E-state index in [1.165, 1.54) is 12.1 Å². The number of carbonyl (C=O) groups excluding carboxylic acids is 1. The quantitative estimate of drug-likeness (QED) is 0.923. The average Bonchev–Trinajstić information content (AvgIpc) is 2.34. The molecule has 0 heterocycles. The summed E-state index contributed by atoms with van der Waals surface area (Å²) in [5.41, 5.74) is -0.817. The number of rotatable bonds is 4. The molecular weight excluding hydrogens is 302 g/mol. The van der Waals surface area contributed by atoms with Crippen molar-refractivity contribution in [2.75, 3.05) is 6.61 Å². The molecule has 0 atom stereocenters. The number of amides is 1. The van der Waals surface area contributed by atoms with Gasteiger partial charge in [0.1, 0.15) is 5.75 Å². The van der Waals surface area contributed by atoms with Gasteiger partial charge in [0.25, 0.3) is 10.0 Å². The standard InChI is InChI=1S/C16H25NO4S/c1-15(2,3)11-21-12-8-7-9-13(10-12)22(19,20)17-14(18)16(4,5)6/h7-10H,11H2,1-6H3,(H,17,18). The first-order valence-electron chi connectivity index (χ1n) is 7.11. The van der Waals surface area contributed by atoms with E-state index >= 15 is 0 Å². The molecule has 0 aromatic heterocycles. The Balaban J connectivity index is 2.95. The van der Waals surface area contributed by atoms with Gasteiger partial charge < -0.3 is 4.74 Å². The molecule has 1 amide bonds. The van der Waals surface area contributed by atoms with Gasteiger partial charge in [-0.15, -0.1) is 0 Å². The zero-order chi connectivity index (χ0) is 17.2. The summed E-state index contributed by atoms with van der Waals surface area (Å²) in [6.07, 6.45) is 0. The molecule has 1 aromatic carbocycles. The van der Waals surface area contributed by atoms with Crippen molar-refractivity contribution in [1.29, 1.82) is 0 Å². The minimum absolute atomic E-state index is 0.0107. The van der Waals surface area contributed by atoms with Crippen molar-refractivity contribution in [3.63, 3.8) is 0 Å². The Hall–Kier alpha value is -1.56. The zero-order valence-electron chi connectivity index (χ0n) is 14.1. The summed E-state index contributed by atoms with van der Waals surface area (Å²) in [5, 5.41) is 0. The monoisotopic (exact) mass is 327 g/mol. The third-order valence-electron chi connectivity index (χ3n) is 2.70. The van der Waals surface area contributed by atoms with Gasteiger partial charge >= 0.3 is 0 Å². The van der Waals surface area contributed by atoms with Crippen LogP contribution in [0.3, 0.4) is 0 Å². The van der Waals surface area contributed by atoms with E-state index < -0.39 is 21.3 Å². The molecule has 0 saturated heterocycles. The number of benzene rings is 1. The minimum Gasteiger partial charge on any atom is -0.493 e. The lowest BCUT2D eigenvalue weighted by molar-refractivity contribution is -0.126. The summed E-state index contributed by atoms with van der Waals surface area (Å²) in [4.78, 5) is 11.9. The Bertz CT molecular complexity index is 637. The molecule has 22 heavy (non-hydrogen) atoms. The van der Waals surface area contributed by atoms with Crippen molar-refractivity contribution < 1.29 is 17.9 Å². The van der Waals surface area contributed by atoms with Crippen LogP contribution in [0.25, 0.3) is 0 Å². The number of hydrogen-bond acceptors (Lipinski definition) is 4. The molecule has 5 nitrogen and oxygen atoms in total. The molecule has 0 saturated carbocycles. The maximum Gasteiger partial charge on any atom is 0.264 e. The van der Waals surface area contributed by atoms with Crippen LogP contribution in [0.1, 0.15) is 41.5 Å². The highest BCUT2D eigenvalue weighted by Gasteiger charge is 2.27. The largest absolute Gasteiger partial charge is 0.493 e. The Morgan fingerprint density at radius 3 is 2.23 bits per heavy atom. The summed E-state index contributed by atoms with van der Waals surface area (Å²) in [5.74, 6) is -0.0884. The van der Waals surface area contributed by atoms with Crippen LogP contribution in [0.4, 0.5) is 0 Å². The molecule has 0 aliphatic heterocycles. The third kappa shape index (κ3) is 5.67. The second-order valence-electron chi connectivity index (χ2n) is 7.51. The van der Waals surface area contributed by atoms with E-state index in [1.807, 2.05) is 20.8 Å². The highest BCUT2D eigenvalue weighted by molar-refractivity contribution is 7.90. The van der Waals surface area contributed by atoms with E-state index in [0.29, 0.717) is 12.4 Å². The van der Waals surface area contributed by atoms with Gasteiger partial charge in [-0.2, -0.15) is 0 Å². The van der Waals surface area contributed by atoms with Gasteiger partial charge in [-0.3, -0.25) is 4.79 Å². The van der Waals surface area contributed by atoms with Crippen LogP contribution < -0.4 is 9.46 Å². The van der Waals surface area contributed by atoms with Crippen LogP contribution in [-0.4, -0.2) is 20.9 Å². The second-order valence-corrected chi connectivity index (χ2v) is 9.19. The molecule has 0 radical (unpaired) electrons. The van der Waals surface area contributed by atoms with Gasteiger partial charge in [-0.1, -0.05) is 47.6 Å². The predicted octanol–water partition coefficient (Wildman–Crippen LogP) is 2.96. The molecule has 6 heteroatoms. The zero-order valence-corrected chi connectivity index (χ0v) is 14.9. The SMILES string of the molecule is CC(C)(C)COc1cccc(S(=O)(=O)NC(=O)C(C)(C)C)c1. The topological polar surface area (TPSA) is 72.5 Å². The summed E-state index contributed by atoms with van der Waals surface area (Å²) >= 11 is 0. The first kappa shape index (κ1) is 18.5. The Morgan fingerprint density at radius 2 is 1.73 bits per heavy atom. The van der Waals surface area contributed by atoms with E-state index in [1.54, 1.807) is 32.9 Å². The van der Waals surface area contributed by atoms with E-state index in [0.717, 1.165) is 0 Å². The number of ether oxygens (including phenoxy) is 1. The Labute approximate surface area is 133 Å². The van der Waals surface area contributed by atoms with Crippen LogP contribution >= 0.6 is 0 Å². The smallest absolute Gasteiger partial charge is 0.264 e. The van der Waals surface area contributed by atoms with Crippen LogP contribution in [0.5, 0.6) is 5.75 Å². The van der Waals surface area contributed by atoms with Crippen molar-refractivity contribution in [1.82, 2.24) is 4.72 Å². The Kier molecular flexibility index (Phi) is 5.28.